The van der Waals surface area contributed by atoms with E-state index in [1.54, 1.807) is 0 Å². The Morgan fingerprint density at radius 1 is 1.29 bits per heavy atom. The lowest BCUT2D eigenvalue weighted by Crippen LogP contribution is -2.19. The van der Waals surface area contributed by atoms with Crippen molar-refractivity contribution in [2.24, 2.45) is 0 Å². The van der Waals surface area contributed by atoms with Crippen molar-refractivity contribution in [2.45, 2.75) is 20.4 Å². The summed E-state index contributed by atoms with van der Waals surface area (Å²) in [5.74, 6) is 3.15. The van der Waals surface area contributed by atoms with Gasteiger partial charge < -0.3 is 15.1 Å². The van der Waals surface area contributed by atoms with Crippen LogP contribution in [0.2, 0.25) is 0 Å². The molecular formula is C12H16N4O. The predicted octanol–water partition coefficient (Wildman–Crippen LogP) is 1.91. The number of rotatable bonds is 3. The van der Waals surface area contributed by atoms with Crippen LogP contribution in [-0.4, -0.2) is 17.0 Å². The van der Waals surface area contributed by atoms with E-state index in [1.165, 1.54) is 6.33 Å². The molecule has 2 aromatic rings. The summed E-state index contributed by atoms with van der Waals surface area (Å²) in [6.45, 7) is 4.50. The predicted molar refractivity (Wildman–Crippen MR) is 66.7 cm³/mol. The Balaban J connectivity index is 2.20. The first-order chi connectivity index (χ1) is 8.08. The van der Waals surface area contributed by atoms with Gasteiger partial charge in [-0.25, -0.2) is 9.97 Å². The Labute approximate surface area is 100 Å². The number of nitrogens with two attached hydrogens (primary N) is 1. The average molecular weight is 232 g/mol. The molecule has 2 heterocycles. The molecule has 5 nitrogen and oxygen atoms in total. The standard InChI is InChI=1S/C12H16N4O/c1-8-4-5-10(17-8)6-16(3)12-9(2)11(13)14-7-15-12/h4-5,7H,6H2,1-3H3,(H2,13,14,15). The fraction of sp³-hybridized carbons (Fsp3) is 0.333. The topological polar surface area (TPSA) is 68.2 Å². The molecule has 17 heavy (non-hydrogen) atoms. The Morgan fingerprint density at radius 3 is 2.71 bits per heavy atom. The first-order valence-corrected chi connectivity index (χ1v) is 5.41. The number of aryl methyl sites for hydroxylation is 1. The molecule has 0 fully saturated rings. The van der Waals surface area contributed by atoms with Crippen LogP contribution < -0.4 is 10.6 Å². The fourth-order valence-corrected chi connectivity index (χ4v) is 1.72. The molecule has 0 saturated heterocycles. The number of nitrogen functional groups attached to an aromatic ring is 1. The quantitative estimate of drug-likeness (QED) is 0.875. The fourth-order valence-electron chi connectivity index (χ4n) is 1.72. The number of aromatic nitrogens is 2. The summed E-state index contributed by atoms with van der Waals surface area (Å²) >= 11 is 0. The number of hydrogen-bond acceptors (Lipinski definition) is 5. The lowest BCUT2D eigenvalue weighted by Gasteiger charge is -2.19. The molecular weight excluding hydrogens is 216 g/mol. The lowest BCUT2D eigenvalue weighted by atomic mass is 10.3. The highest BCUT2D eigenvalue weighted by molar-refractivity contribution is 5.55. The second-order valence-electron chi connectivity index (χ2n) is 4.08. The van der Waals surface area contributed by atoms with E-state index in [2.05, 4.69) is 9.97 Å². The highest BCUT2D eigenvalue weighted by Crippen LogP contribution is 2.20. The van der Waals surface area contributed by atoms with E-state index in [0.717, 1.165) is 22.9 Å². The first-order valence-electron chi connectivity index (χ1n) is 5.41. The number of nitrogens with zero attached hydrogens (tertiary/aromatic N) is 3. The Morgan fingerprint density at radius 2 is 2.06 bits per heavy atom. The van der Waals surface area contributed by atoms with Crippen LogP contribution >= 0.6 is 0 Å². The first kappa shape index (κ1) is 11.4. The zero-order valence-electron chi connectivity index (χ0n) is 10.3. The number of anilines is 2. The van der Waals surface area contributed by atoms with Crippen molar-refractivity contribution in [1.29, 1.82) is 0 Å². The van der Waals surface area contributed by atoms with Crippen LogP contribution in [0.1, 0.15) is 17.1 Å². The van der Waals surface area contributed by atoms with E-state index in [1.807, 2.05) is 37.9 Å². The Kier molecular flexibility index (Phi) is 2.99. The van der Waals surface area contributed by atoms with Gasteiger partial charge in [0.25, 0.3) is 0 Å². The third-order valence-corrected chi connectivity index (χ3v) is 2.65. The van der Waals surface area contributed by atoms with Gasteiger partial charge in [0.15, 0.2) is 0 Å². The third-order valence-electron chi connectivity index (χ3n) is 2.65. The van der Waals surface area contributed by atoms with Gasteiger partial charge in [0.2, 0.25) is 0 Å². The monoisotopic (exact) mass is 232 g/mol. The van der Waals surface area contributed by atoms with Gasteiger partial charge in [-0.15, -0.1) is 0 Å². The van der Waals surface area contributed by atoms with Crippen molar-refractivity contribution >= 4 is 11.6 Å². The van der Waals surface area contributed by atoms with Crippen molar-refractivity contribution in [3.8, 4) is 0 Å². The molecule has 0 aromatic carbocycles. The molecule has 0 amide bonds. The second-order valence-corrected chi connectivity index (χ2v) is 4.08. The summed E-state index contributed by atoms with van der Waals surface area (Å²) in [6.07, 6.45) is 1.47. The van der Waals surface area contributed by atoms with Crippen molar-refractivity contribution < 1.29 is 4.42 Å². The summed E-state index contributed by atoms with van der Waals surface area (Å²) in [5, 5.41) is 0. The zero-order chi connectivity index (χ0) is 12.4. The van der Waals surface area contributed by atoms with Gasteiger partial charge in [-0.05, 0) is 26.0 Å². The minimum absolute atomic E-state index is 0.512. The summed E-state index contributed by atoms with van der Waals surface area (Å²) in [6, 6.07) is 3.91. The molecule has 0 aliphatic rings. The Bertz CT molecular complexity index is 521. The van der Waals surface area contributed by atoms with Crippen molar-refractivity contribution in [3.05, 3.63) is 35.5 Å². The molecule has 0 aliphatic carbocycles. The average Bonchev–Trinajstić information content (AvgIpc) is 2.68. The molecule has 0 spiro atoms. The third kappa shape index (κ3) is 2.38. The van der Waals surface area contributed by atoms with Crippen LogP contribution in [0, 0.1) is 13.8 Å². The summed E-state index contributed by atoms with van der Waals surface area (Å²) in [7, 11) is 1.95. The van der Waals surface area contributed by atoms with E-state index >= 15 is 0 Å². The molecule has 90 valence electrons. The SMILES string of the molecule is Cc1ccc(CN(C)c2ncnc(N)c2C)o1. The second kappa shape index (κ2) is 4.45. The number of hydrogen-bond donors (Lipinski definition) is 1. The van der Waals surface area contributed by atoms with Crippen LogP contribution in [0.25, 0.3) is 0 Å². The van der Waals surface area contributed by atoms with Crippen molar-refractivity contribution in [2.75, 3.05) is 17.7 Å². The smallest absolute Gasteiger partial charge is 0.137 e. The van der Waals surface area contributed by atoms with Gasteiger partial charge in [0.05, 0.1) is 6.54 Å². The zero-order valence-corrected chi connectivity index (χ0v) is 10.3. The van der Waals surface area contributed by atoms with Crippen molar-refractivity contribution in [3.63, 3.8) is 0 Å². The van der Waals surface area contributed by atoms with E-state index < -0.39 is 0 Å². The normalized spacial score (nSPS) is 10.5. The molecule has 0 bridgehead atoms. The summed E-state index contributed by atoms with van der Waals surface area (Å²) < 4.78 is 5.53. The number of furan rings is 1. The van der Waals surface area contributed by atoms with E-state index in [-0.39, 0.29) is 0 Å². The van der Waals surface area contributed by atoms with Crippen LogP contribution in [-0.2, 0) is 6.54 Å². The van der Waals surface area contributed by atoms with Gasteiger partial charge in [0.1, 0.15) is 29.5 Å². The molecule has 2 N–H and O–H groups in total. The van der Waals surface area contributed by atoms with Crippen LogP contribution in [0.4, 0.5) is 11.6 Å². The summed E-state index contributed by atoms with van der Waals surface area (Å²) in [5.41, 5.74) is 6.64. The lowest BCUT2D eigenvalue weighted by molar-refractivity contribution is 0.481. The molecule has 0 radical (unpaired) electrons. The maximum Gasteiger partial charge on any atom is 0.137 e. The van der Waals surface area contributed by atoms with E-state index in [9.17, 15) is 0 Å². The Hall–Kier alpha value is -2.04. The van der Waals surface area contributed by atoms with Gasteiger partial charge in [0, 0.05) is 12.6 Å². The summed E-state index contributed by atoms with van der Waals surface area (Å²) in [4.78, 5) is 10.2. The maximum atomic E-state index is 5.75. The van der Waals surface area contributed by atoms with Gasteiger partial charge in [-0.3, -0.25) is 0 Å². The van der Waals surface area contributed by atoms with Crippen LogP contribution in [0.5, 0.6) is 0 Å². The van der Waals surface area contributed by atoms with Gasteiger partial charge in [-0.2, -0.15) is 0 Å². The molecule has 5 heteroatoms. The van der Waals surface area contributed by atoms with E-state index in [4.69, 9.17) is 10.2 Å². The van der Waals surface area contributed by atoms with Gasteiger partial charge in [-0.1, -0.05) is 0 Å². The van der Waals surface area contributed by atoms with Crippen LogP contribution in [0.15, 0.2) is 22.9 Å². The van der Waals surface area contributed by atoms with Crippen LogP contribution in [0.3, 0.4) is 0 Å². The molecule has 0 unspecified atom stereocenters. The van der Waals surface area contributed by atoms with Crippen molar-refractivity contribution in [1.82, 2.24) is 9.97 Å². The van der Waals surface area contributed by atoms with Gasteiger partial charge >= 0.3 is 0 Å². The molecule has 2 aromatic heterocycles. The highest BCUT2D eigenvalue weighted by atomic mass is 16.3. The molecule has 0 aliphatic heterocycles. The largest absolute Gasteiger partial charge is 0.464 e. The minimum Gasteiger partial charge on any atom is -0.464 e. The molecule has 0 saturated carbocycles. The maximum absolute atomic E-state index is 5.75. The molecule has 0 atom stereocenters. The van der Waals surface area contributed by atoms with E-state index in [0.29, 0.717) is 12.4 Å². The minimum atomic E-state index is 0.512. The highest BCUT2D eigenvalue weighted by Gasteiger charge is 2.11. The molecule has 2 rings (SSSR count).